The summed E-state index contributed by atoms with van der Waals surface area (Å²) in [5.74, 6) is 0.0909. The SMILES string of the molecule is Cl.Cl.Nc1cccc(CN2CCN(CC(=O)NCc3ccccc3)CC2)c1. The van der Waals surface area contributed by atoms with Gasteiger partial charge in [-0.1, -0.05) is 42.5 Å². The average Bonchev–Trinajstić information content (AvgIpc) is 2.63. The second-order valence-corrected chi connectivity index (χ2v) is 6.56. The van der Waals surface area contributed by atoms with Crippen LogP contribution in [0.4, 0.5) is 5.69 Å². The molecule has 2 aromatic rings. The Morgan fingerprint density at radius 1 is 0.889 bits per heavy atom. The van der Waals surface area contributed by atoms with Crippen molar-refractivity contribution in [1.29, 1.82) is 0 Å². The predicted octanol–water partition coefficient (Wildman–Crippen LogP) is 2.55. The number of carbonyl (C=O) groups is 1. The van der Waals surface area contributed by atoms with Crippen LogP contribution in [0.5, 0.6) is 0 Å². The number of hydrogen-bond acceptors (Lipinski definition) is 4. The first-order chi connectivity index (χ1) is 12.2. The van der Waals surface area contributed by atoms with Gasteiger partial charge in [-0.3, -0.25) is 14.6 Å². The van der Waals surface area contributed by atoms with Crippen LogP contribution < -0.4 is 11.1 Å². The maximum absolute atomic E-state index is 12.1. The van der Waals surface area contributed by atoms with Crippen molar-refractivity contribution in [1.82, 2.24) is 15.1 Å². The Morgan fingerprint density at radius 2 is 1.52 bits per heavy atom. The molecular weight excluding hydrogens is 383 g/mol. The standard InChI is InChI=1S/C20H26N4O.2ClH/c21-19-8-4-7-18(13-19)15-23-9-11-24(12-10-23)16-20(25)22-14-17-5-2-1-3-6-17;;/h1-8,13H,9-12,14-16,21H2,(H,22,25);2*1H. The van der Waals surface area contributed by atoms with Gasteiger partial charge in [0.1, 0.15) is 0 Å². The van der Waals surface area contributed by atoms with Gasteiger partial charge in [0, 0.05) is 45.0 Å². The Kier molecular flexibility index (Phi) is 10.2. The second-order valence-electron chi connectivity index (χ2n) is 6.56. The minimum Gasteiger partial charge on any atom is -0.399 e. The molecule has 0 spiro atoms. The average molecular weight is 411 g/mol. The minimum absolute atomic E-state index is 0. The third-order valence-corrected chi connectivity index (χ3v) is 4.52. The Balaban J connectivity index is 0.00000182. The molecular formula is C20H28Cl2N4O. The molecule has 0 unspecified atom stereocenters. The molecule has 0 atom stereocenters. The monoisotopic (exact) mass is 410 g/mol. The molecule has 27 heavy (non-hydrogen) atoms. The maximum Gasteiger partial charge on any atom is 0.234 e. The van der Waals surface area contributed by atoms with Gasteiger partial charge in [0.05, 0.1) is 6.54 Å². The highest BCUT2D eigenvalue weighted by Gasteiger charge is 2.18. The van der Waals surface area contributed by atoms with Crippen LogP contribution in [0.3, 0.4) is 0 Å². The van der Waals surface area contributed by atoms with Crippen LogP contribution in [0.25, 0.3) is 0 Å². The Labute approximate surface area is 173 Å². The van der Waals surface area contributed by atoms with Gasteiger partial charge in [-0.15, -0.1) is 24.8 Å². The third kappa shape index (κ3) is 7.77. The van der Waals surface area contributed by atoms with Crippen molar-refractivity contribution in [2.24, 2.45) is 0 Å². The van der Waals surface area contributed by atoms with E-state index in [0.717, 1.165) is 44.0 Å². The number of anilines is 1. The molecule has 0 aliphatic carbocycles. The van der Waals surface area contributed by atoms with E-state index < -0.39 is 0 Å². The number of nitrogens with two attached hydrogens (primary N) is 1. The summed E-state index contributed by atoms with van der Waals surface area (Å²) in [6.07, 6.45) is 0. The topological polar surface area (TPSA) is 61.6 Å². The molecule has 5 nitrogen and oxygen atoms in total. The summed E-state index contributed by atoms with van der Waals surface area (Å²) in [6, 6.07) is 18.1. The van der Waals surface area contributed by atoms with Gasteiger partial charge in [-0.05, 0) is 23.3 Å². The fourth-order valence-corrected chi connectivity index (χ4v) is 3.11. The molecule has 1 aliphatic rings. The van der Waals surface area contributed by atoms with E-state index in [1.165, 1.54) is 5.56 Å². The molecule has 0 radical (unpaired) electrons. The number of piperazine rings is 1. The van der Waals surface area contributed by atoms with Crippen molar-refractivity contribution in [3.8, 4) is 0 Å². The molecule has 1 amide bonds. The highest BCUT2D eigenvalue weighted by atomic mass is 35.5. The number of amides is 1. The smallest absolute Gasteiger partial charge is 0.234 e. The Bertz CT molecular complexity index is 691. The van der Waals surface area contributed by atoms with Gasteiger partial charge in [0.15, 0.2) is 0 Å². The minimum atomic E-state index is 0. The van der Waals surface area contributed by atoms with Gasteiger partial charge in [0.2, 0.25) is 5.91 Å². The maximum atomic E-state index is 12.1. The van der Waals surface area contributed by atoms with E-state index in [4.69, 9.17) is 5.73 Å². The molecule has 1 saturated heterocycles. The lowest BCUT2D eigenvalue weighted by Gasteiger charge is -2.34. The summed E-state index contributed by atoms with van der Waals surface area (Å²) in [7, 11) is 0. The van der Waals surface area contributed by atoms with Crippen LogP contribution in [0.15, 0.2) is 54.6 Å². The zero-order valence-corrected chi connectivity index (χ0v) is 17.0. The molecule has 148 valence electrons. The Morgan fingerprint density at radius 3 is 2.19 bits per heavy atom. The largest absolute Gasteiger partial charge is 0.399 e. The van der Waals surface area contributed by atoms with Gasteiger partial charge < -0.3 is 11.1 Å². The fourth-order valence-electron chi connectivity index (χ4n) is 3.11. The summed E-state index contributed by atoms with van der Waals surface area (Å²) in [6.45, 7) is 5.76. The van der Waals surface area contributed by atoms with Crippen molar-refractivity contribution in [3.63, 3.8) is 0 Å². The van der Waals surface area contributed by atoms with Crippen molar-refractivity contribution in [2.45, 2.75) is 13.1 Å². The van der Waals surface area contributed by atoms with Crippen molar-refractivity contribution < 1.29 is 4.79 Å². The summed E-state index contributed by atoms with van der Waals surface area (Å²) in [4.78, 5) is 16.7. The number of nitrogens with zero attached hydrogens (tertiary/aromatic N) is 2. The van der Waals surface area contributed by atoms with Crippen molar-refractivity contribution in [2.75, 3.05) is 38.5 Å². The van der Waals surface area contributed by atoms with E-state index >= 15 is 0 Å². The highest BCUT2D eigenvalue weighted by Crippen LogP contribution is 2.11. The fraction of sp³-hybridized carbons (Fsp3) is 0.350. The lowest BCUT2D eigenvalue weighted by Crippen LogP contribution is -2.49. The normalized spacial score (nSPS) is 14.7. The van der Waals surface area contributed by atoms with Crippen LogP contribution >= 0.6 is 24.8 Å². The van der Waals surface area contributed by atoms with E-state index in [1.54, 1.807) is 0 Å². The molecule has 1 heterocycles. The van der Waals surface area contributed by atoms with Gasteiger partial charge >= 0.3 is 0 Å². The summed E-state index contributed by atoms with van der Waals surface area (Å²) < 4.78 is 0. The number of hydrogen-bond donors (Lipinski definition) is 2. The lowest BCUT2D eigenvalue weighted by atomic mass is 10.2. The number of rotatable bonds is 6. The van der Waals surface area contributed by atoms with E-state index in [1.807, 2.05) is 48.5 Å². The van der Waals surface area contributed by atoms with Crippen LogP contribution in [-0.2, 0) is 17.9 Å². The molecule has 3 rings (SSSR count). The molecule has 2 aromatic carbocycles. The first kappa shape index (κ1) is 23.2. The third-order valence-electron chi connectivity index (χ3n) is 4.52. The molecule has 1 fully saturated rings. The van der Waals surface area contributed by atoms with Gasteiger partial charge in [0.25, 0.3) is 0 Å². The first-order valence-electron chi connectivity index (χ1n) is 8.79. The van der Waals surface area contributed by atoms with E-state index in [-0.39, 0.29) is 30.7 Å². The van der Waals surface area contributed by atoms with Crippen LogP contribution in [0, 0.1) is 0 Å². The predicted molar refractivity (Wildman–Crippen MR) is 115 cm³/mol. The van der Waals surface area contributed by atoms with E-state index in [9.17, 15) is 4.79 Å². The highest BCUT2D eigenvalue weighted by molar-refractivity contribution is 5.85. The first-order valence-corrected chi connectivity index (χ1v) is 8.79. The number of carbonyl (C=O) groups excluding carboxylic acids is 1. The molecule has 7 heteroatoms. The van der Waals surface area contributed by atoms with Crippen molar-refractivity contribution in [3.05, 3.63) is 65.7 Å². The van der Waals surface area contributed by atoms with Crippen LogP contribution in [-0.4, -0.2) is 48.4 Å². The van der Waals surface area contributed by atoms with Crippen molar-refractivity contribution >= 4 is 36.4 Å². The number of benzene rings is 2. The zero-order chi connectivity index (χ0) is 17.5. The van der Waals surface area contributed by atoms with Gasteiger partial charge in [-0.2, -0.15) is 0 Å². The molecule has 1 aliphatic heterocycles. The van der Waals surface area contributed by atoms with Crippen LogP contribution in [0.2, 0.25) is 0 Å². The molecule has 0 aromatic heterocycles. The lowest BCUT2D eigenvalue weighted by molar-refractivity contribution is -0.122. The summed E-state index contributed by atoms with van der Waals surface area (Å²) in [5, 5.41) is 3.00. The van der Waals surface area contributed by atoms with E-state index in [0.29, 0.717) is 13.1 Å². The quantitative estimate of drug-likeness (QED) is 0.718. The Hall–Kier alpha value is -1.79. The summed E-state index contributed by atoms with van der Waals surface area (Å²) in [5.41, 5.74) is 9.02. The molecule has 0 saturated carbocycles. The number of nitrogens with one attached hydrogen (secondary N) is 1. The zero-order valence-electron chi connectivity index (χ0n) is 15.3. The number of nitrogen functional groups attached to an aromatic ring is 1. The van der Waals surface area contributed by atoms with Crippen LogP contribution in [0.1, 0.15) is 11.1 Å². The molecule has 3 N–H and O–H groups in total. The molecule has 0 bridgehead atoms. The van der Waals surface area contributed by atoms with Gasteiger partial charge in [-0.25, -0.2) is 0 Å². The van der Waals surface area contributed by atoms with E-state index in [2.05, 4.69) is 21.2 Å². The number of halogens is 2. The summed E-state index contributed by atoms with van der Waals surface area (Å²) >= 11 is 0. The second kappa shape index (κ2) is 11.8.